The number of aromatic amines is 1. The molecule has 1 aromatic carbocycles. The number of thiazole rings is 1. The van der Waals surface area contributed by atoms with Crippen LogP contribution in [0, 0.1) is 5.41 Å². The van der Waals surface area contributed by atoms with Gasteiger partial charge in [0.25, 0.3) is 0 Å². The molecule has 0 saturated carbocycles. The number of aromatic nitrogens is 5. The minimum atomic E-state index is 0.462. The maximum atomic E-state index is 4.61. The number of piperidine rings is 1. The van der Waals surface area contributed by atoms with E-state index < -0.39 is 0 Å². The van der Waals surface area contributed by atoms with Crippen LogP contribution in [-0.2, 0) is 0 Å². The van der Waals surface area contributed by atoms with Crippen molar-refractivity contribution in [3.8, 4) is 22.4 Å². The van der Waals surface area contributed by atoms with Crippen molar-refractivity contribution >= 4 is 27.4 Å². The van der Waals surface area contributed by atoms with Crippen molar-refractivity contribution < 1.29 is 0 Å². The molecule has 30 heavy (non-hydrogen) atoms. The van der Waals surface area contributed by atoms with Gasteiger partial charge < -0.3 is 10.2 Å². The molecule has 0 radical (unpaired) electrons. The zero-order valence-electron chi connectivity index (χ0n) is 16.6. The van der Waals surface area contributed by atoms with Crippen LogP contribution in [0.4, 0.5) is 5.82 Å². The maximum absolute atomic E-state index is 4.61. The molecule has 0 amide bonds. The molecule has 7 nitrogen and oxygen atoms in total. The highest BCUT2D eigenvalue weighted by Crippen LogP contribution is 2.40. The molecule has 2 N–H and O–H groups in total. The van der Waals surface area contributed by atoms with E-state index in [1.807, 2.05) is 17.9 Å². The van der Waals surface area contributed by atoms with Crippen molar-refractivity contribution in [2.75, 3.05) is 31.1 Å². The molecule has 2 saturated heterocycles. The van der Waals surface area contributed by atoms with Gasteiger partial charge in [-0.25, -0.2) is 4.98 Å². The molecular formula is C22H23N7S. The Morgan fingerprint density at radius 2 is 1.90 bits per heavy atom. The van der Waals surface area contributed by atoms with Gasteiger partial charge in [-0.2, -0.15) is 5.10 Å². The average molecular weight is 418 g/mol. The molecule has 3 aromatic heterocycles. The molecule has 0 bridgehead atoms. The summed E-state index contributed by atoms with van der Waals surface area (Å²) in [6, 6.07) is 8.44. The first-order valence-electron chi connectivity index (χ1n) is 10.5. The van der Waals surface area contributed by atoms with E-state index in [1.54, 1.807) is 11.3 Å². The summed E-state index contributed by atoms with van der Waals surface area (Å²) < 4.78 is 1.13. The standard InChI is InChI=1S/C22H23N7S/c1-2-17(21-20(24-14-30-21)16(1)15-11-25-26-12-15)18-3-4-19(28-27-18)29-10-7-22(13-29)5-8-23-9-6-22/h1-4,11-12,14,23H,5-10,13H2,(H,25,26). The Balaban J connectivity index is 1.29. The van der Waals surface area contributed by atoms with E-state index in [0.717, 1.165) is 64.6 Å². The van der Waals surface area contributed by atoms with E-state index in [1.165, 1.54) is 19.3 Å². The molecule has 6 rings (SSSR count). The zero-order chi connectivity index (χ0) is 20.0. The molecule has 8 heteroatoms. The maximum Gasteiger partial charge on any atom is 0.151 e. The monoisotopic (exact) mass is 417 g/mol. The smallest absolute Gasteiger partial charge is 0.151 e. The van der Waals surface area contributed by atoms with Crippen LogP contribution in [0.3, 0.4) is 0 Å². The number of hydrogen-bond donors (Lipinski definition) is 2. The number of H-pyrrole nitrogens is 1. The molecule has 5 heterocycles. The van der Waals surface area contributed by atoms with Crippen molar-refractivity contribution in [1.29, 1.82) is 0 Å². The van der Waals surface area contributed by atoms with Gasteiger partial charge in [-0.15, -0.1) is 21.5 Å². The highest BCUT2D eigenvalue weighted by molar-refractivity contribution is 7.17. The molecule has 0 atom stereocenters. The second-order valence-corrected chi connectivity index (χ2v) is 9.23. The predicted molar refractivity (Wildman–Crippen MR) is 120 cm³/mol. The minimum Gasteiger partial charge on any atom is -0.355 e. The minimum absolute atomic E-state index is 0.462. The molecule has 152 valence electrons. The first kappa shape index (κ1) is 18.0. The molecular weight excluding hydrogens is 394 g/mol. The van der Waals surface area contributed by atoms with Gasteiger partial charge in [-0.05, 0) is 49.9 Å². The molecule has 4 aromatic rings. The summed E-state index contributed by atoms with van der Waals surface area (Å²) in [7, 11) is 0. The van der Waals surface area contributed by atoms with Gasteiger partial charge in [-0.3, -0.25) is 5.10 Å². The number of hydrogen-bond acceptors (Lipinski definition) is 7. The van der Waals surface area contributed by atoms with E-state index in [2.05, 4.69) is 59.9 Å². The van der Waals surface area contributed by atoms with Gasteiger partial charge in [0.1, 0.15) is 0 Å². The Labute approximate surface area is 178 Å². The molecule has 2 fully saturated rings. The number of benzene rings is 1. The van der Waals surface area contributed by atoms with Crippen LogP contribution in [-0.4, -0.2) is 51.6 Å². The first-order valence-corrected chi connectivity index (χ1v) is 11.3. The van der Waals surface area contributed by atoms with E-state index in [4.69, 9.17) is 0 Å². The molecule has 1 spiro atoms. The zero-order valence-corrected chi connectivity index (χ0v) is 17.5. The normalized spacial score (nSPS) is 18.5. The van der Waals surface area contributed by atoms with Crippen molar-refractivity contribution in [3.63, 3.8) is 0 Å². The van der Waals surface area contributed by atoms with Gasteiger partial charge in [0.05, 0.1) is 27.6 Å². The van der Waals surface area contributed by atoms with Crippen LogP contribution in [0.5, 0.6) is 0 Å². The lowest BCUT2D eigenvalue weighted by Crippen LogP contribution is -2.38. The molecule has 0 aliphatic carbocycles. The van der Waals surface area contributed by atoms with Gasteiger partial charge in [0.2, 0.25) is 0 Å². The Morgan fingerprint density at radius 1 is 1.00 bits per heavy atom. The van der Waals surface area contributed by atoms with Crippen molar-refractivity contribution in [3.05, 3.63) is 42.2 Å². The van der Waals surface area contributed by atoms with Crippen LogP contribution in [0.1, 0.15) is 19.3 Å². The highest BCUT2D eigenvalue weighted by Gasteiger charge is 2.39. The largest absolute Gasteiger partial charge is 0.355 e. The third-order valence-electron chi connectivity index (χ3n) is 6.65. The number of nitrogens with one attached hydrogen (secondary N) is 2. The van der Waals surface area contributed by atoms with Crippen molar-refractivity contribution in [1.82, 2.24) is 30.7 Å². The third kappa shape index (κ3) is 2.98. The summed E-state index contributed by atoms with van der Waals surface area (Å²) in [6.45, 7) is 4.45. The topological polar surface area (TPSA) is 82.6 Å². The number of rotatable bonds is 3. The lowest BCUT2D eigenvalue weighted by molar-refractivity contribution is 0.232. The lowest BCUT2D eigenvalue weighted by Gasteiger charge is -2.33. The summed E-state index contributed by atoms with van der Waals surface area (Å²) in [4.78, 5) is 7.01. The summed E-state index contributed by atoms with van der Waals surface area (Å²) in [5.41, 5.74) is 7.43. The molecule has 2 aliphatic heterocycles. The number of anilines is 1. The average Bonchev–Trinajstić information content (AvgIpc) is 3.55. The fourth-order valence-electron chi connectivity index (χ4n) is 4.92. The van der Waals surface area contributed by atoms with Crippen molar-refractivity contribution in [2.24, 2.45) is 5.41 Å². The van der Waals surface area contributed by atoms with Gasteiger partial charge in [-0.1, -0.05) is 12.1 Å². The van der Waals surface area contributed by atoms with E-state index in [9.17, 15) is 0 Å². The van der Waals surface area contributed by atoms with Crippen LogP contribution in [0.15, 0.2) is 42.2 Å². The molecule has 0 unspecified atom stereocenters. The first-order chi connectivity index (χ1) is 14.8. The second-order valence-electron chi connectivity index (χ2n) is 8.38. The fourth-order valence-corrected chi connectivity index (χ4v) is 5.75. The Morgan fingerprint density at radius 3 is 2.70 bits per heavy atom. The van der Waals surface area contributed by atoms with Gasteiger partial charge in [0.15, 0.2) is 5.82 Å². The molecule has 2 aliphatic rings. The number of nitrogens with zero attached hydrogens (tertiary/aromatic N) is 5. The Bertz CT molecular complexity index is 1160. The van der Waals surface area contributed by atoms with E-state index >= 15 is 0 Å². The summed E-state index contributed by atoms with van der Waals surface area (Å²) in [5, 5.41) is 19.6. The van der Waals surface area contributed by atoms with Crippen LogP contribution < -0.4 is 10.2 Å². The summed E-state index contributed by atoms with van der Waals surface area (Å²) >= 11 is 1.64. The van der Waals surface area contributed by atoms with Gasteiger partial charge >= 0.3 is 0 Å². The van der Waals surface area contributed by atoms with Crippen molar-refractivity contribution in [2.45, 2.75) is 19.3 Å². The summed E-state index contributed by atoms with van der Waals surface area (Å²) in [5.74, 6) is 0.990. The quantitative estimate of drug-likeness (QED) is 0.529. The van der Waals surface area contributed by atoms with Crippen LogP contribution in [0.2, 0.25) is 0 Å². The van der Waals surface area contributed by atoms with E-state index in [0.29, 0.717) is 5.41 Å². The van der Waals surface area contributed by atoms with Crippen LogP contribution >= 0.6 is 11.3 Å². The van der Waals surface area contributed by atoms with Crippen LogP contribution in [0.25, 0.3) is 32.6 Å². The highest BCUT2D eigenvalue weighted by atomic mass is 32.1. The van der Waals surface area contributed by atoms with E-state index in [-0.39, 0.29) is 0 Å². The van der Waals surface area contributed by atoms with Gasteiger partial charge in [0, 0.05) is 36.0 Å². The predicted octanol–water partition coefficient (Wildman–Crippen LogP) is 3.72. The lowest BCUT2D eigenvalue weighted by atomic mass is 9.78. The second kappa shape index (κ2) is 7.14. The Kier molecular flexibility index (Phi) is 4.28. The third-order valence-corrected chi connectivity index (χ3v) is 7.51. The fraction of sp³-hybridized carbons (Fsp3) is 0.364. The Hall–Kier alpha value is -2.84. The number of fused-ring (bicyclic) bond motifs is 1. The SMILES string of the molecule is c1nc2c(-c3cn[nH]c3)ccc(-c3ccc(N4CCC5(CCNCC5)C4)nn3)c2s1. The summed E-state index contributed by atoms with van der Waals surface area (Å²) in [6.07, 6.45) is 7.51.